The molecular weight excluding hydrogens is 304 g/mol. The number of ether oxygens (including phenoxy) is 1. The van der Waals surface area contributed by atoms with Gasteiger partial charge >= 0.3 is 6.03 Å². The first-order valence-electron chi connectivity index (χ1n) is 8.17. The van der Waals surface area contributed by atoms with Crippen LogP contribution in [0.15, 0.2) is 30.5 Å². The van der Waals surface area contributed by atoms with E-state index >= 15 is 0 Å². The molecule has 2 amide bonds. The van der Waals surface area contributed by atoms with Gasteiger partial charge in [0.25, 0.3) is 0 Å². The number of aryl methyl sites for hydroxylation is 2. The van der Waals surface area contributed by atoms with Crippen molar-refractivity contribution in [1.82, 2.24) is 20.2 Å². The Kier molecular flexibility index (Phi) is 6.81. The molecule has 0 saturated carbocycles. The summed E-state index contributed by atoms with van der Waals surface area (Å²) in [5.41, 5.74) is 3.40. The van der Waals surface area contributed by atoms with E-state index in [0.717, 1.165) is 23.6 Å². The highest BCUT2D eigenvalue weighted by Crippen LogP contribution is 2.05. The fraction of sp³-hybridized carbons (Fsp3) is 0.444. The minimum atomic E-state index is -0.165. The smallest absolute Gasteiger partial charge is 0.315 e. The molecule has 6 heteroatoms. The number of benzene rings is 1. The number of carbonyl (C=O) groups excluding carboxylic acids is 1. The Bertz CT molecular complexity index is 650. The first kappa shape index (κ1) is 18.0. The zero-order valence-electron chi connectivity index (χ0n) is 14.6. The predicted molar refractivity (Wildman–Crippen MR) is 94.0 cm³/mol. The largest absolute Gasteiger partial charge is 0.383 e. The molecule has 2 rings (SSSR count). The predicted octanol–water partition coefficient (Wildman–Crippen LogP) is 2.19. The van der Waals surface area contributed by atoms with Crippen LogP contribution >= 0.6 is 0 Å². The van der Waals surface area contributed by atoms with Crippen LogP contribution in [0.2, 0.25) is 0 Å². The topological polar surface area (TPSA) is 68.2 Å². The molecule has 0 aliphatic rings. The number of hydrogen-bond donors (Lipinski definition) is 2. The summed E-state index contributed by atoms with van der Waals surface area (Å²) in [7, 11) is 1.69. The molecule has 2 N–H and O–H groups in total. The molecule has 0 aliphatic carbocycles. The van der Waals surface area contributed by atoms with Crippen LogP contribution in [0.3, 0.4) is 0 Å². The number of aromatic nitrogens is 2. The summed E-state index contributed by atoms with van der Waals surface area (Å²) in [6.07, 6.45) is 2.54. The number of imidazole rings is 1. The third-order valence-electron chi connectivity index (χ3n) is 3.86. The molecule has 6 nitrogen and oxygen atoms in total. The Labute approximate surface area is 143 Å². The van der Waals surface area contributed by atoms with E-state index in [0.29, 0.717) is 26.1 Å². The van der Waals surface area contributed by atoms with E-state index in [9.17, 15) is 4.79 Å². The van der Waals surface area contributed by atoms with E-state index in [1.54, 1.807) is 7.11 Å². The lowest BCUT2D eigenvalue weighted by Gasteiger charge is -2.11. The fourth-order valence-corrected chi connectivity index (χ4v) is 2.44. The summed E-state index contributed by atoms with van der Waals surface area (Å²) in [6, 6.07) is 7.95. The van der Waals surface area contributed by atoms with E-state index in [1.165, 1.54) is 5.56 Å². The quantitative estimate of drug-likeness (QED) is 0.779. The van der Waals surface area contributed by atoms with Crippen LogP contribution in [0, 0.1) is 13.8 Å². The van der Waals surface area contributed by atoms with Gasteiger partial charge < -0.3 is 19.9 Å². The number of nitrogens with zero attached hydrogens (tertiary/aromatic N) is 2. The molecule has 130 valence electrons. The number of urea groups is 1. The van der Waals surface area contributed by atoms with Crippen molar-refractivity contribution >= 4 is 6.03 Å². The van der Waals surface area contributed by atoms with Gasteiger partial charge in [0.15, 0.2) is 0 Å². The molecule has 0 radical (unpaired) electrons. The van der Waals surface area contributed by atoms with Gasteiger partial charge in [0.05, 0.1) is 6.61 Å². The Hall–Kier alpha value is -2.34. The first-order chi connectivity index (χ1) is 11.6. The van der Waals surface area contributed by atoms with Gasteiger partial charge in [-0.1, -0.05) is 29.8 Å². The molecule has 1 aromatic carbocycles. The van der Waals surface area contributed by atoms with Crippen molar-refractivity contribution in [2.45, 2.75) is 33.4 Å². The maximum absolute atomic E-state index is 11.9. The molecule has 24 heavy (non-hydrogen) atoms. The normalized spacial score (nSPS) is 10.6. The van der Waals surface area contributed by atoms with E-state index in [1.807, 2.05) is 44.3 Å². The van der Waals surface area contributed by atoms with Crippen molar-refractivity contribution < 1.29 is 9.53 Å². The number of hydrogen-bond acceptors (Lipinski definition) is 3. The van der Waals surface area contributed by atoms with Crippen LogP contribution in [-0.4, -0.2) is 35.8 Å². The van der Waals surface area contributed by atoms with Gasteiger partial charge in [-0.2, -0.15) is 0 Å². The molecule has 1 aromatic heterocycles. The SMILES string of the molecule is COCCn1c(C)cnc1CCNC(=O)NCc1ccc(C)cc1. The molecule has 0 atom stereocenters. The number of carbonyl (C=O) groups is 1. The lowest BCUT2D eigenvalue weighted by molar-refractivity contribution is 0.185. The molecule has 0 aliphatic heterocycles. The summed E-state index contributed by atoms with van der Waals surface area (Å²) in [4.78, 5) is 16.3. The number of nitrogens with one attached hydrogen (secondary N) is 2. The summed E-state index contributed by atoms with van der Waals surface area (Å²) in [5, 5.41) is 5.73. The maximum Gasteiger partial charge on any atom is 0.315 e. The van der Waals surface area contributed by atoms with Gasteiger partial charge in [-0.3, -0.25) is 0 Å². The Balaban J connectivity index is 1.73. The Morgan fingerprint density at radius 3 is 2.67 bits per heavy atom. The minimum absolute atomic E-state index is 0.165. The van der Waals surface area contributed by atoms with E-state index in [-0.39, 0.29) is 6.03 Å². The third-order valence-corrected chi connectivity index (χ3v) is 3.86. The van der Waals surface area contributed by atoms with E-state index in [2.05, 4.69) is 20.2 Å². The zero-order chi connectivity index (χ0) is 17.4. The van der Waals surface area contributed by atoms with Gasteiger partial charge in [-0.15, -0.1) is 0 Å². The molecule has 0 spiro atoms. The molecule has 0 unspecified atom stereocenters. The lowest BCUT2D eigenvalue weighted by atomic mass is 10.1. The van der Waals surface area contributed by atoms with Crippen molar-refractivity contribution in [2.75, 3.05) is 20.3 Å². The molecule has 0 bridgehead atoms. The highest BCUT2D eigenvalue weighted by Gasteiger charge is 2.07. The van der Waals surface area contributed by atoms with Crippen molar-refractivity contribution in [2.24, 2.45) is 0 Å². The summed E-state index contributed by atoms with van der Waals surface area (Å²) in [6.45, 7) is 6.55. The first-order valence-corrected chi connectivity index (χ1v) is 8.17. The number of amides is 2. The van der Waals surface area contributed by atoms with E-state index in [4.69, 9.17) is 4.74 Å². The van der Waals surface area contributed by atoms with Gasteiger partial charge in [0.2, 0.25) is 0 Å². The summed E-state index contributed by atoms with van der Waals surface area (Å²) >= 11 is 0. The monoisotopic (exact) mass is 330 g/mol. The van der Waals surface area contributed by atoms with Crippen LogP contribution in [0.1, 0.15) is 22.6 Å². The van der Waals surface area contributed by atoms with Crippen LogP contribution in [0.25, 0.3) is 0 Å². The Morgan fingerprint density at radius 2 is 1.96 bits per heavy atom. The van der Waals surface area contributed by atoms with Crippen molar-refractivity contribution in [3.8, 4) is 0 Å². The summed E-state index contributed by atoms with van der Waals surface area (Å²) in [5.74, 6) is 0.961. The molecule has 0 fully saturated rings. The van der Waals surface area contributed by atoms with Gasteiger partial charge in [0.1, 0.15) is 5.82 Å². The third kappa shape index (κ3) is 5.38. The van der Waals surface area contributed by atoms with Crippen LogP contribution in [-0.2, 0) is 24.2 Å². The minimum Gasteiger partial charge on any atom is -0.383 e. The second-order valence-electron chi connectivity index (χ2n) is 5.81. The van der Waals surface area contributed by atoms with Crippen LogP contribution in [0.5, 0.6) is 0 Å². The highest BCUT2D eigenvalue weighted by molar-refractivity contribution is 5.73. The molecular formula is C18H26N4O2. The van der Waals surface area contributed by atoms with Gasteiger partial charge in [0, 0.05) is 45.1 Å². The number of methoxy groups -OCH3 is 1. The molecule has 1 heterocycles. The standard InChI is InChI=1S/C18H26N4O2/c1-14-4-6-16(7-5-14)13-21-18(23)19-9-8-17-20-12-15(2)22(17)10-11-24-3/h4-7,12H,8-11,13H2,1-3H3,(H2,19,21,23). The van der Waals surface area contributed by atoms with Gasteiger partial charge in [-0.25, -0.2) is 9.78 Å². The fourth-order valence-electron chi connectivity index (χ4n) is 2.44. The van der Waals surface area contributed by atoms with Gasteiger partial charge in [-0.05, 0) is 19.4 Å². The second kappa shape index (κ2) is 9.08. The maximum atomic E-state index is 11.9. The molecule has 0 saturated heterocycles. The highest BCUT2D eigenvalue weighted by atomic mass is 16.5. The van der Waals surface area contributed by atoms with Crippen molar-refractivity contribution in [3.05, 3.63) is 53.1 Å². The van der Waals surface area contributed by atoms with Crippen LogP contribution < -0.4 is 10.6 Å². The zero-order valence-corrected chi connectivity index (χ0v) is 14.6. The second-order valence-corrected chi connectivity index (χ2v) is 5.81. The van der Waals surface area contributed by atoms with Crippen molar-refractivity contribution in [1.29, 1.82) is 0 Å². The van der Waals surface area contributed by atoms with Crippen molar-refractivity contribution in [3.63, 3.8) is 0 Å². The number of rotatable bonds is 8. The van der Waals surface area contributed by atoms with E-state index < -0.39 is 0 Å². The molecule has 2 aromatic rings. The Morgan fingerprint density at radius 1 is 1.21 bits per heavy atom. The van der Waals surface area contributed by atoms with Crippen LogP contribution in [0.4, 0.5) is 4.79 Å². The summed E-state index contributed by atoms with van der Waals surface area (Å²) < 4.78 is 7.24. The lowest BCUT2D eigenvalue weighted by Crippen LogP contribution is -2.36. The average Bonchev–Trinajstić information content (AvgIpc) is 2.92. The average molecular weight is 330 g/mol.